The second-order valence-corrected chi connectivity index (χ2v) is 2.60. The molecular formula is C9H6N2O2. The molecule has 0 spiro atoms. The van der Waals surface area contributed by atoms with E-state index in [1.54, 1.807) is 18.5 Å². The van der Waals surface area contributed by atoms with Gasteiger partial charge in [0, 0.05) is 24.0 Å². The summed E-state index contributed by atoms with van der Waals surface area (Å²) in [5, 5.41) is 10.3. The van der Waals surface area contributed by atoms with E-state index in [4.69, 9.17) is 5.11 Å². The van der Waals surface area contributed by atoms with Gasteiger partial charge in [0.05, 0.1) is 0 Å². The van der Waals surface area contributed by atoms with Crippen LogP contribution in [0.25, 0.3) is 10.8 Å². The van der Waals surface area contributed by atoms with Crippen molar-refractivity contribution >= 4 is 16.7 Å². The minimum Gasteiger partial charge on any atom is -0.477 e. The van der Waals surface area contributed by atoms with Gasteiger partial charge in [-0.15, -0.1) is 0 Å². The third kappa shape index (κ3) is 1.33. The van der Waals surface area contributed by atoms with E-state index in [0.717, 1.165) is 10.8 Å². The van der Waals surface area contributed by atoms with E-state index in [1.165, 1.54) is 12.3 Å². The van der Waals surface area contributed by atoms with Crippen molar-refractivity contribution < 1.29 is 9.90 Å². The number of rotatable bonds is 1. The number of fused-ring (bicyclic) bond motifs is 1. The molecule has 2 aromatic heterocycles. The van der Waals surface area contributed by atoms with Crippen LogP contribution in [0.3, 0.4) is 0 Å². The normalized spacial score (nSPS) is 10.2. The minimum absolute atomic E-state index is 0.0544. The van der Waals surface area contributed by atoms with Crippen LogP contribution in [0.4, 0.5) is 0 Å². The molecule has 0 aliphatic heterocycles. The molecule has 0 amide bonds. The van der Waals surface area contributed by atoms with Crippen LogP contribution >= 0.6 is 0 Å². The predicted octanol–water partition coefficient (Wildman–Crippen LogP) is 1.33. The fraction of sp³-hybridized carbons (Fsp3) is 0. The summed E-state index contributed by atoms with van der Waals surface area (Å²) in [5.74, 6) is -1.02. The van der Waals surface area contributed by atoms with Gasteiger partial charge in [-0.05, 0) is 17.5 Å². The van der Waals surface area contributed by atoms with Crippen LogP contribution in [0.2, 0.25) is 0 Å². The average Bonchev–Trinajstić information content (AvgIpc) is 2.17. The van der Waals surface area contributed by atoms with Gasteiger partial charge in [-0.1, -0.05) is 0 Å². The summed E-state index contributed by atoms with van der Waals surface area (Å²) < 4.78 is 0. The highest BCUT2D eigenvalue weighted by molar-refractivity contribution is 5.91. The molecule has 0 aliphatic carbocycles. The highest BCUT2D eigenvalue weighted by Gasteiger charge is 2.04. The van der Waals surface area contributed by atoms with E-state index >= 15 is 0 Å². The number of pyridine rings is 2. The van der Waals surface area contributed by atoms with Crippen molar-refractivity contribution in [2.24, 2.45) is 0 Å². The van der Waals surface area contributed by atoms with Crippen LogP contribution in [-0.2, 0) is 0 Å². The minimum atomic E-state index is -1.02. The van der Waals surface area contributed by atoms with Crippen LogP contribution < -0.4 is 0 Å². The Labute approximate surface area is 73.9 Å². The Morgan fingerprint density at radius 3 is 2.92 bits per heavy atom. The molecule has 2 heterocycles. The Hall–Kier alpha value is -1.97. The van der Waals surface area contributed by atoms with E-state index in [-0.39, 0.29) is 5.69 Å². The second kappa shape index (κ2) is 2.82. The Morgan fingerprint density at radius 2 is 2.15 bits per heavy atom. The molecule has 0 radical (unpaired) electrons. The molecule has 0 saturated carbocycles. The van der Waals surface area contributed by atoms with E-state index in [9.17, 15) is 4.79 Å². The molecule has 13 heavy (non-hydrogen) atoms. The number of aromatic carboxylic acids is 1. The van der Waals surface area contributed by atoms with Crippen LogP contribution in [0.1, 0.15) is 10.5 Å². The molecule has 2 rings (SSSR count). The first-order valence-electron chi connectivity index (χ1n) is 3.70. The van der Waals surface area contributed by atoms with Crippen molar-refractivity contribution in [1.29, 1.82) is 0 Å². The van der Waals surface area contributed by atoms with Crippen LogP contribution in [-0.4, -0.2) is 21.0 Å². The molecule has 0 saturated heterocycles. The Balaban J connectivity index is 2.69. The van der Waals surface area contributed by atoms with Crippen molar-refractivity contribution in [3.05, 3.63) is 36.4 Å². The standard InChI is InChI=1S/C9H6N2O2/c12-9(13)8-3-6-1-2-10-4-7(6)5-11-8/h1-5H,(H,12,13). The molecule has 0 aromatic carbocycles. The molecule has 1 N–H and O–H groups in total. The highest BCUT2D eigenvalue weighted by atomic mass is 16.4. The van der Waals surface area contributed by atoms with E-state index in [2.05, 4.69) is 9.97 Å². The van der Waals surface area contributed by atoms with Crippen LogP contribution in [0.5, 0.6) is 0 Å². The van der Waals surface area contributed by atoms with Crippen molar-refractivity contribution in [1.82, 2.24) is 9.97 Å². The van der Waals surface area contributed by atoms with Crippen molar-refractivity contribution in [3.63, 3.8) is 0 Å². The van der Waals surface area contributed by atoms with Crippen molar-refractivity contribution in [2.45, 2.75) is 0 Å². The SMILES string of the molecule is O=C(O)c1cc2ccncc2cn1. The topological polar surface area (TPSA) is 63.1 Å². The number of hydrogen-bond donors (Lipinski definition) is 1. The lowest BCUT2D eigenvalue weighted by atomic mass is 10.2. The van der Waals surface area contributed by atoms with Gasteiger partial charge < -0.3 is 5.11 Å². The molecule has 4 nitrogen and oxygen atoms in total. The fourth-order valence-corrected chi connectivity index (χ4v) is 1.10. The first kappa shape index (κ1) is 7.67. The van der Waals surface area contributed by atoms with E-state index in [0.29, 0.717) is 0 Å². The second-order valence-electron chi connectivity index (χ2n) is 2.60. The molecule has 64 valence electrons. The smallest absolute Gasteiger partial charge is 0.354 e. The van der Waals surface area contributed by atoms with Gasteiger partial charge in [0.1, 0.15) is 5.69 Å². The first-order valence-corrected chi connectivity index (χ1v) is 3.70. The maximum absolute atomic E-state index is 10.6. The van der Waals surface area contributed by atoms with E-state index in [1.807, 2.05) is 0 Å². The van der Waals surface area contributed by atoms with Crippen molar-refractivity contribution in [2.75, 3.05) is 0 Å². The number of carboxylic acids is 1. The van der Waals surface area contributed by atoms with Crippen LogP contribution in [0, 0.1) is 0 Å². The monoisotopic (exact) mass is 174 g/mol. The third-order valence-corrected chi connectivity index (χ3v) is 1.74. The summed E-state index contributed by atoms with van der Waals surface area (Å²) in [5.41, 5.74) is 0.0544. The zero-order valence-electron chi connectivity index (χ0n) is 6.64. The van der Waals surface area contributed by atoms with Gasteiger partial charge in [-0.25, -0.2) is 9.78 Å². The predicted molar refractivity (Wildman–Crippen MR) is 46.5 cm³/mol. The fourth-order valence-electron chi connectivity index (χ4n) is 1.10. The largest absolute Gasteiger partial charge is 0.477 e. The molecule has 0 aliphatic rings. The molecular weight excluding hydrogens is 168 g/mol. The van der Waals surface area contributed by atoms with Gasteiger partial charge >= 0.3 is 5.97 Å². The maximum atomic E-state index is 10.6. The Kier molecular flexibility index (Phi) is 1.66. The summed E-state index contributed by atoms with van der Waals surface area (Å²) in [6, 6.07) is 3.28. The summed E-state index contributed by atoms with van der Waals surface area (Å²) in [6.07, 6.45) is 4.77. The van der Waals surface area contributed by atoms with Crippen molar-refractivity contribution in [3.8, 4) is 0 Å². The lowest BCUT2D eigenvalue weighted by Gasteiger charge is -1.96. The highest BCUT2D eigenvalue weighted by Crippen LogP contribution is 2.11. The molecule has 0 fully saturated rings. The average molecular weight is 174 g/mol. The first-order chi connectivity index (χ1) is 6.27. The summed E-state index contributed by atoms with van der Waals surface area (Å²) in [6.45, 7) is 0. The number of nitrogens with zero attached hydrogens (tertiary/aromatic N) is 2. The zero-order chi connectivity index (χ0) is 9.26. The van der Waals surface area contributed by atoms with Gasteiger partial charge in [0.2, 0.25) is 0 Å². The zero-order valence-corrected chi connectivity index (χ0v) is 6.64. The third-order valence-electron chi connectivity index (χ3n) is 1.74. The molecule has 0 bridgehead atoms. The Morgan fingerprint density at radius 1 is 1.31 bits per heavy atom. The number of hydrogen-bond acceptors (Lipinski definition) is 3. The molecule has 0 atom stereocenters. The quantitative estimate of drug-likeness (QED) is 0.708. The van der Waals surface area contributed by atoms with Gasteiger partial charge in [-0.2, -0.15) is 0 Å². The van der Waals surface area contributed by atoms with Gasteiger partial charge in [0.15, 0.2) is 0 Å². The van der Waals surface area contributed by atoms with Crippen LogP contribution in [0.15, 0.2) is 30.7 Å². The molecule has 0 unspecified atom stereocenters. The lowest BCUT2D eigenvalue weighted by molar-refractivity contribution is 0.0691. The van der Waals surface area contributed by atoms with E-state index < -0.39 is 5.97 Å². The van der Waals surface area contributed by atoms with Gasteiger partial charge in [0.25, 0.3) is 0 Å². The maximum Gasteiger partial charge on any atom is 0.354 e. The lowest BCUT2D eigenvalue weighted by Crippen LogP contribution is -1.99. The Bertz CT molecular complexity index is 468. The summed E-state index contributed by atoms with van der Waals surface area (Å²) in [4.78, 5) is 18.2. The molecule has 2 aromatic rings. The number of carboxylic acid groups (broad SMARTS) is 1. The summed E-state index contributed by atoms with van der Waals surface area (Å²) in [7, 11) is 0. The summed E-state index contributed by atoms with van der Waals surface area (Å²) >= 11 is 0. The molecule has 4 heteroatoms. The number of aromatic nitrogens is 2. The van der Waals surface area contributed by atoms with Gasteiger partial charge in [-0.3, -0.25) is 4.98 Å². The number of carbonyl (C=O) groups is 1.